The standard InChI is InChI=1S/C15H20ClNO4/c1-3-20-14(18)9-21-15-10(8-17-12-4-5-12)6-11(16)7-13(15)19-2/h6-7,12,17H,3-5,8-9H2,1-2H3. The molecule has 1 N–H and O–H groups in total. The summed E-state index contributed by atoms with van der Waals surface area (Å²) in [6, 6.07) is 4.05. The molecule has 5 nitrogen and oxygen atoms in total. The zero-order chi connectivity index (χ0) is 15.2. The lowest BCUT2D eigenvalue weighted by Crippen LogP contribution is -2.19. The first kappa shape index (κ1) is 15.9. The Hall–Kier alpha value is -1.46. The Labute approximate surface area is 129 Å². The molecule has 0 spiro atoms. The van der Waals surface area contributed by atoms with Crippen LogP contribution in [0, 0.1) is 0 Å². The van der Waals surface area contributed by atoms with Crippen molar-refractivity contribution in [3.63, 3.8) is 0 Å². The summed E-state index contributed by atoms with van der Waals surface area (Å²) in [5, 5.41) is 3.97. The van der Waals surface area contributed by atoms with E-state index in [4.69, 9.17) is 25.8 Å². The van der Waals surface area contributed by atoms with E-state index in [1.54, 1.807) is 20.1 Å². The number of benzene rings is 1. The number of methoxy groups -OCH3 is 1. The van der Waals surface area contributed by atoms with Gasteiger partial charge in [0.05, 0.1) is 13.7 Å². The molecule has 6 heteroatoms. The van der Waals surface area contributed by atoms with Crippen LogP contribution in [0.1, 0.15) is 25.3 Å². The number of ether oxygens (including phenoxy) is 3. The summed E-state index contributed by atoms with van der Waals surface area (Å²) in [4.78, 5) is 11.4. The fraction of sp³-hybridized carbons (Fsp3) is 0.533. The van der Waals surface area contributed by atoms with Crippen LogP contribution in [0.2, 0.25) is 5.02 Å². The quantitative estimate of drug-likeness (QED) is 0.747. The summed E-state index contributed by atoms with van der Waals surface area (Å²) in [6.07, 6.45) is 2.38. The van der Waals surface area contributed by atoms with Crippen LogP contribution in [0.5, 0.6) is 11.5 Å². The van der Waals surface area contributed by atoms with Crippen molar-refractivity contribution in [3.05, 3.63) is 22.7 Å². The number of halogens is 1. The van der Waals surface area contributed by atoms with Gasteiger partial charge in [0.2, 0.25) is 0 Å². The van der Waals surface area contributed by atoms with Crippen molar-refractivity contribution in [2.75, 3.05) is 20.3 Å². The third-order valence-electron chi connectivity index (χ3n) is 3.11. The fourth-order valence-corrected chi connectivity index (χ4v) is 2.18. The molecule has 0 unspecified atom stereocenters. The first-order valence-electron chi connectivity index (χ1n) is 7.02. The van der Waals surface area contributed by atoms with E-state index in [0.29, 0.717) is 35.7 Å². The van der Waals surface area contributed by atoms with Gasteiger partial charge < -0.3 is 19.5 Å². The summed E-state index contributed by atoms with van der Waals surface area (Å²) in [5.41, 5.74) is 0.871. The van der Waals surface area contributed by atoms with Crippen molar-refractivity contribution >= 4 is 17.6 Å². The third kappa shape index (κ3) is 4.79. The molecule has 0 bridgehead atoms. The molecule has 0 amide bonds. The molecule has 116 valence electrons. The van der Waals surface area contributed by atoms with Gasteiger partial charge in [-0.25, -0.2) is 4.79 Å². The zero-order valence-electron chi connectivity index (χ0n) is 12.3. The lowest BCUT2D eigenvalue weighted by atomic mass is 10.2. The maximum absolute atomic E-state index is 11.4. The van der Waals surface area contributed by atoms with E-state index in [1.807, 2.05) is 6.07 Å². The fourth-order valence-electron chi connectivity index (χ4n) is 1.94. The highest BCUT2D eigenvalue weighted by Gasteiger charge is 2.22. The Bertz CT molecular complexity index is 503. The molecule has 21 heavy (non-hydrogen) atoms. The molecule has 0 saturated heterocycles. The molecular formula is C15H20ClNO4. The molecule has 0 radical (unpaired) electrons. The molecule has 1 saturated carbocycles. The monoisotopic (exact) mass is 313 g/mol. The van der Waals surface area contributed by atoms with Crippen molar-refractivity contribution in [1.82, 2.24) is 5.32 Å². The number of esters is 1. The van der Waals surface area contributed by atoms with Crippen LogP contribution in [0.4, 0.5) is 0 Å². The Morgan fingerprint density at radius 1 is 1.43 bits per heavy atom. The van der Waals surface area contributed by atoms with Gasteiger partial charge in [-0.1, -0.05) is 11.6 Å². The van der Waals surface area contributed by atoms with Crippen LogP contribution < -0.4 is 14.8 Å². The molecule has 0 atom stereocenters. The van der Waals surface area contributed by atoms with E-state index in [9.17, 15) is 4.79 Å². The Balaban J connectivity index is 2.11. The molecule has 0 aromatic heterocycles. The van der Waals surface area contributed by atoms with Gasteiger partial charge in [0.25, 0.3) is 0 Å². The number of carbonyl (C=O) groups excluding carboxylic acids is 1. The average molecular weight is 314 g/mol. The molecular weight excluding hydrogens is 294 g/mol. The van der Waals surface area contributed by atoms with Crippen molar-refractivity contribution in [2.24, 2.45) is 0 Å². The number of hydrogen-bond donors (Lipinski definition) is 1. The molecule has 2 rings (SSSR count). The number of carbonyl (C=O) groups is 1. The second kappa shape index (κ2) is 7.52. The van der Waals surface area contributed by atoms with Crippen LogP contribution in [-0.2, 0) is 16.1 Å². The summed E-state index contributed by atoms with van der Waals surface area (Å²) >= 11 is 6.09. The Kier molecular flexibility index (Phi) is 5.70. The van der Waals surface area contributed by atoms with Gasteiger partial charge in [0.15, 0.2) is 18.1 Å². The lowest BCUT2D eigenvalue weighted by Gasteiger charge is -2.16. The van der Waals surface area contributed by atoms with Gasteiger partial charge in [-0.2, -0.15) is 0 Å². The van der Waals surface area contributed by atoms with Crippen molar-refractivity contribution in [3.8, 4) is 11.5 Å². The van der Waals surface area contributed by atoms with Gasteiger partial charge in [0, 0.05) is 29.2 Å². The van der Waals surface area contributed by atoms with Crippen molar-refractivity contribution < 1.29 is 19.0 Å². The second-order valence-corrected chi connectivity index (χ2v) is 5.28. The van der Waals surface area contributed by atoms with Crippen LogP contribution in [0.3, 0.4) is 0 Å². The van der Waals surface area contributed by atoms with Crippen LogP contribution in [0.25, 0.3) is 0 Å². The van der Waals surface area contributed by atoms with Crippen molar-refractivity contribution in [1.29, 1.82) is 0 Å². The SMILES string of the molecule is CCOC(=O)COc1c(CNC2CC2)cc(Cl)cc1OC. The normalized spacial score (nSPS) is 13.9. The van der Waals surface area contributed by atoms with Gasteiger partial charge in [-0.05, 0) is 25.8 Å². The number of hydrogen-bond acceptors (Lipinski definition) is 5. The Morgan fingerprint density at radius 2 is 2.19 bits per heavy atom. The highest BCUT2D eigenvalue weighted by molar-refractivity contribution is 6.30. The topological polar surface area (TPSA) is 56.8 Å². The van der Waals surface area contributed by atoms with Gasteiger partial charge in [-0.15, -0.1) is 0 Å². The van der Waals surface area contributed by atoms with Crippen LogP contribution >= 0.6 is 11.6 Å². The maximum Gasteiger partial charge on any atom is 0.344 e. The van der Waals surface area contributed by atoms with Gasteiger partial charge in [-0.3, -0.25) is 0 Å². The largest absolute Gasteiger partial charge is 0.493 e. The Morgan fingerprint density at radius 3 is 2.81 bits per heavy atom. The molecule has 1 aliphatic rings. The van der Waals surface area contributed by atoms with E-state index < -0.39 is 5.97 Å². The van der Waals surface area contributed by atoms with E-state index in [2.05, 4.69) is 5.32 Å². The molecule has 1 aliphatic carbocycles. The first-order chi connectivity index (χ1) is 10.1. The molecule has 0 heterocycles. The van der Waals surface area contributed by atoms with E-state index in [0.717, 1.165) is 5.56 Å². The van der Waals surface area contributed by atoms with Gasteiger partial charge >= 0.3 is 5.97 Å². The van der Waals surface area contributed by atoms with E-state index in [-0.39, 0.29) is 6.61 Å². The highest BCUT2D eigenvalue weighted by Crippen LogP contribution is 2.35. The van der Waals surface area contributed by atoms with Crippen LogP contribution in [-0.4, -0.2) is 32.3 Å². The lowest BCUT2D eigenvalue weighted by molar-refractivity contribution is -0.145. The minimum absolute atomic E-state index is 0.151. The molecule has 0 aliphatic heterocycles. The van der Waals surface area contributed by atoms with Gasteiger partial charge in [0.1, 0.15) is 0 Å². The zero-order valence-corrected chi connectivity index (χ0v) is 13.0. The smallest absolute Gasteiger partial charge is 0.344 e. The minimum atomic E-state index is -0.407. The summed E-state index contributed by atoms with van der Waals surface area (Å²) < 4.78 is 15.7. The van der Waals surface area contributed by atoms with Crippen molar-refractivity contribution in [2.45, 2.75) is 32.4 Å². The first-order valence-corrected chi connectivity index (χ1v) is 7.40. The second-order valence-electron chi connectivity index (χ2n) is 4.85. The average Bonchev–Trinajstić information content (AvgIpc) is 3.27. The molecule has 1 aromatic carbocycles. The third-order valence-corrected chi connectivity index (χ3v) is 3.33. The summed E-state index contributed by atoms with van der Waals surface area (Å²) in [7, 11) is 1.54. The summed E-state index contributed by atoms with van der Waals surface area (Å²) in [6.45, 7) is 2.56. The number of rotatable bonds is 8. The maximum atomic E-state index is 11.4. The molecule has 1 fully saturated rings. The predicted molar refractivity (Wildman–Crippen MR) is 80.0 cm³/mol. The van der Waals surface area contributed by atoms with Crippen LogP contribution in [0.15, 0.2) is 12.1 Å². The molecule has 1 aromatic rings. The number of nitrogens with one attached hydrogen (secondary N) is 1. The summed E-state index contributed by atoms with van der Waals surface area (Å²) in [5.74, 6) is 0.637. The predicted octanol–water partition coefficient (Wildman–Crippen LogP) is 2.54. The van der Waals surface area contributed by atoms with E-state index >= 15 is 0 Å². The van der Waals surface area contributed by atoms with E-state index in [1.165, 1.54) is 12.8 Å². The minimum Gasteiger partial charge on any atom is -0.493 e. The highest BCUT2D eigenvalue weighted by atomic mass is 35.5.